The van der Waals surface area contributed by atoms with Gasteiger partial charge in [0.2, 0.25) is 0 Å². The molecule has 0 saturated carbocycles. The van der Waals surface area contributed by atoms with Crippen molar-refractivity contribution < 1.29 is 4.74 Å². The maximum absolute atomic E-state index is 9.03. The summed E-state index contributed by atoms with van der Waals surface area (Å²) >= 11 is 0. The molecule has 2 aromatic rings. The van der Waals surface area contributed by atoms with Gasteiger partial charge in [-0.1, -0.05) is 19.1 Å². The number of hydrogen-bond donors (Lipinski definition) is 1. The third-order valence-electron chi connectivity index (χ3n) is 2.82. The van der Waals surface area contributed by atoms with Crippen LogP contribution in [0.15, 0.2) is 30.3 Å². The molecule has 1 aromatic carbocycles. The van der Waals surface area contributed by atoms with Crippen molar-refractivity contribution >= 4 is 5.82 Å². The molecule has 21 heavy (non-hydrogen) atoms. The van der Waals surface area contributed by atoms with Crippen LogP contribution in [0.25, 0.3) is 0 Å². The Labute approximate surface area is 124 Å². The van der Waals surface area contributed by atoms with Gasteiger partial charge in [-0.15, -0.1) is 0 Å². The lowest BCUT2D eigenvalue weighted by molar-refractivity contribution is 0.295. The van der Waals surface area contributed by atoms with Gasteiger partial charge >= 0.3 is 0 Å². The van der Waals surface area contributed by atoms with Crippen molar-refractivity contribution in [1.82, 2.24) is 9.97 Å². The van der Waals surface area contributed by atoms with Crippen molar-refractivity contribution in [2.45, 2.75) is 26.9 Å². The van der Waals surface area contributed by atoms with Gasteiger partial charge in [0.15, 0.2) is 5.82 Å². The fourth-order valence-corrected chi connectivity index (χ4v) is 1.87. The molecule has 1 heterocycles. The number of rotatable bonds is 6. The summed E-state index contributed by atoms with van der Waals surface area (Å²) in [6.07, 6.45) is 1.03. The number of aryl methyl sites for hydroxylation is 1. The van der Waals surface area contributed by atoms with Crippen LogP contribution >= 0.6 is 0 Å². The average molecular weight is 282 g/mol. The van der Waals surface area contributed by atoms with Gasteiger partial charge in [0.05, 0.1) is 5.56 Å². The van der Waals surface area contributed by atoms with E-state index >= 15 is 0 Å². The number of nitriles is 1. The molecular weight excluding hydrogens is 264 g/mol. The zero-order chi connectivity index (χ0) is 15.1. The Morgan fingerprint density at radius 1 is 1.29 bits per heavy atom. The molecule has 1 N–H and O–H groups in total. The molecule has 1 aromatic heterocycles. The molecule has 5 nitrogen and oxygen atoms in total. The quantitative estimate of drug-likeness (QED) is 0.881. The topological polar surface area (TPSA) is 70.8 Å². The van der Waals surface area contributed by atoms with E-state index in [-0.39, 0.29) is 6.61 Å². The molecule has 108 valence electrons. The zero-order valence-electron chi connectivity index (χ0n) is 12.3. The summed E-state index contributed by atoms with van der Waals surface area (Å²) in [6.45, 7) is 5.13. The molecule has 0 spiro atoms. The molecular formula is C16H18N4O. The van der Waals surface area contributed by atoms with E-state index in [4.69, 9.17) is 10.00 Å². The van der Waals surface area contributed by atoms with Crippen molar-refractivity contribution in [2.24, 2.45) is 0 Å². The predicted octanol–water partition coefficient (Wildman–Crippen LogP) is 3.06. The Morgan fingerprint density at radius 2 is 2.10 bits per heavy atom. The number of benzene rings is 1. The molecule has 2 rings (SSSR count). The lowest BCUT2D eigenvalue weighted by Crippen LogP contribution is -2.08. The molecule has 0 atom stereocenters. The monoisotopic (exact) mass is 282 g/mol. The lowest BCUT2D eigenvalue weighted by atomic mass is 10.2. The van der Waals surface area contributed by atoms with E-state index in [1.165, 1.54) is 0 Å². The molecule has 0 radical (unpaired) electrons. The van der Waals surface area contributed by atoms with Gasteiger partial charge < -0.3 is 10.1 Å². The van der Waals surface area contributed by atoms with Crippen molar-refractivity contribution in [3.05, 3.63) is 47.4 Å². The number of para-hydroxylation sites is 1. The molecule has 0 aliphatic rings. The molecule has 0 bridgehead atoms. The van der Waals surface area contributed by atoms with E-state index in [2.05, 4.69) is 28.3 Å². The molecule has 0 fully saturated rings. The van der Waals surface area contributed by atoms with Gasteiger partial charge in [-0.3, -0.25) is 0 Å². The Bertz CT molecular complexity index is 649. The molecule has 0 amide bonds. The molecule has 0 unspecified atom stereocenters. The number of aromatic nitrogens is 2. The van der Waals surface area contributed by atoms with Gasteiger partial charge in [0, 0.05) is 18.3 Å². The second kappa shape index (κ2) is 7.25. The number of hydrogen-bond acceptors (Lipinski definition) is 5. The van der Waals surface area contributed by atoms with Gasteiger partial charge in [-0.2, -0.15) is 5.26 Å². The minimum atomic E-state index is 0.237. The van der Waals surface area contributed by atoms with Crippen LogP contribution in [0, 0.1) is 18.3 Å². The number of anilines is 1. The van der Waals surface area contributed by atoms with Crippen molar-refractivity contribution in [3.63, 3.8) is 0 Å². The SMILES string of the molecule is CCCNc1cc(C)nc(COc2ccccc2C#N)n1. The van der Waals surface area contributed by atoms with Crippen LogP contribution in [0.4, 0.5) is 5.82 Å². The average Bonchev–Trinajstić information content (AvgIpc) is 2.50. The van der Waals surface area contributed by atoms with E-state index in [9.17, 15) is 0 Å². The van der Waals surface area contributed by atoms with E-state index in [0.717, 1.165) is 24.5 Å². The van der Waals surface area contributed by atoms with Crippen LogP contribution in [0.2, 0.25) is 0 Å². The van der Waals surface area contributed by atoms with Crippen LogP contribution in [0.3, 0.4) is 0 Å². The minimum absolute atomic E-state index is 0.237. The molecule has 5 heteroatoms. The van der Waals surface area contributed by atoms with Gasteiger partial charge in [0.25, 0.3) is 0 Å². The summed E-state index contributed by atoms with van der Waals surface area (Å²) in [6, 6.07) is 11.1. The molecule has 0 saturated heterocycles. The maximum Gasteiger partial charge on any atom is 0.168 e. The highest BCUT2D eigenvalue weighted by Crippen LogP contribution is 2.18. The summed E-state index contributed by atoms with van der Waals surface area (Å²) < 4.78 is 5.65. The Morgan fingerprint density at radius 3 is 2.86 bits per heavy atom. The Hall–Kier alpha value is -2.61. The maximum atomic E-state index is 9.03. The summed E-state index contributed by atoms with van der Waals surface area (Å²) in [4.78, 5) is 8.76. The molecule has 0 aliphatic carbocycles. The van der Waals surface area contributed by atoms with E-state index in [1.54, 1.807) is 18.2 Å². The third-order valence-corrected chi connectivity index (χ3v) is 2.82. The van der Waals surface area contributed by atoms with E-state index < -0.39 is 0 Å². The number of nitrogens with one attached hydrogen (secondary N) is 1. The van der Waals surface area contributed by atoms with Crippen LogP contribution in [0.1, 0.15) is 30.4 Å². The minimum Gasteiger partial charge on any atom is -0.484 e. The largest absolute Gasteiger partial charge is 0.484 e. The highest BCUT2D eigenvalue weighted by Gasteiger charge is 2.06. The predicted molar refractivity (Wildman–Crippen MR) is 81.0 cm³/mol. The van der Waals surface area contributed by atoms with E-state index in [0.29, 0.717) is 17.1 Å². The van der Waals surface area contributed by atoms with Gasteiger partial charge in [-0.25, -0.2) is 9.97 Å². The van der Waals surface area contributed by atoms with Gasteiger partial charge in [0.1, 0.15) is 24.2 Å². The highest BCUT2D eigenvalue weighted by atomic mass is 16.5. The first-order valence-corrected chi connectivity index (χ1v) is 6.93. The normalized spacial score (nSPS) is 9.95. The number of ether oxygens (including phenoxy) is 1. The standard InChI is InChI=1S/C16H18N4O/c1-3-8-18-15-9-12(2)19-16(20-15)11-21-14-7-5-4-6-13(14)10-17/h4-7,9H,3,8,11H2,1-2H3,(H,18,19,20). The van der Waals surface area contributed by atoms with Crippen LogP contribution in [0.5, 0.6) is 5.75 Å². The van der Waals surface area contributed by atoms with Crippen molar-refractivity contribution in [1.29, 1.82) is 5.26 Å². The second-order valence-corrected chi connectivity index (χ2v) is 4.63. The fraction of sp³-hybridized carbons (Fsp3) is 0.312. The first-order valence-electron chi connectivity index (χ1n) is 6.93. The Balaban J connectivity index is 2.09. The lowest BCUT2D eigenvalue weighted by Gasteiger charge is -2.09. The van der Waals surface area contributed by atoms with E-state index in [1.807, 2.05) is 19.1 Å². The van der Waals surface area contributed by atoms with Crippen LogP contribution in [-0.4, -0.2) is 16.5 Å². The van der Waals surface area contributed by atoms with Crippen molar-refractivity contribution in [2.75, 3.05) is 11.9 Å². The first-order chi connectivity index (χ1) is 10.2. The Kier molecular flexibility index (Phi) is 5.10. The number of nitrogens with zero attached hydrogens (tertiary/aromatic N) is 3. The third kappa shape index (κ3) is 4.18. The van der Waals surface area contributed by atoms with Crippen LogP contribution < -0.4 is 10.1 Å². The summed E-state index contributed by atoms with van der Waals surface area (Å²) in [5.74, 6) is 1.95. The smallest absolute Gasteiger partial charge is 0.168 e. The zero-order valence-corrected chi connectivity index (χ0v) is 12.3. The van der Waals surface area contributed by atoms with Crippen molar-refractivity contribution in [3.8, 4) is 11.8 Å². The first kappa shape index (κ1) is 14.8. The van der Waals surface area contributed by atoms with Crippen LogP contribution in [-0.2, 0) is 6.61 Å². The summed E-state index contributed by atoms with van der Waals surface area (Å²) in [7, 11) is 0. The highest BCUT2D eigenvalue weighted by molar-refractivity contribution is 5.42. The molecule has 0 aliphatic heterocycles. The van der Waals surface area contributed by atoms with Gasteiger partial charge in [-0.05, 0) is 25.5 Å². The second-order valence-electron chi connectivity index (χ2n) is 4.63. The summed E-state index contributed by atoms with van der Waals surface area (Å²) in [5.41, 5.74) is 1.39. The fourth-order valence-electron chi connectivity index (χ4n) is 1.87. The summed E-state index contributed by atoms with van der Waals surface area (Å²) in [5, 5.41) is 12.3.